The molecule has 0 aliphatic rings. The lowest BCUT2D eigenvalue weighted by Crippen LogP contribution is -2.43. The van der Waals surface area contributed by atoms with Crippen molar-refractivity contribution in [1.82, 2.24) is 5.32 Å². The van der Waals surface area contributed by atoms with Gasteiger partial charge in [-0.1, -0.05) is 27.2 Å². The van der Waals surface area contributed by atoms with E-state index in [0.717, 1.165) is 6.42 Å². The first-order chi connectivity index (χ1) is 6.02. The molecule has 0 heterocycles. The number of Topliss-reactive ketones (excluding diaryl/α,β-unsaturated/α-hetero) is 1. The molecule has 0 rings (SSSR count). The van der Waals surface area contributed by atoms with Gasteiger partial charge in [0.2, 0.25) is 5.91 Å². The van der Waals surface area contributed by atoms with Crippen LogP contribution in [0.2, 0.25) is 0 Å². The van der Waals surface area contributed by atoms with Gasteiger partial charge in [0.15, 0.2) is 5.78 Å². The van der Waals surface area contributed by atoms with E-state index in [1.165, 1.54) is 6.92 Å². The van der Waals surface area contributed by atoms with Crippen LogP contribution >= 0.6 is 0 Å². The van der Waals surface area contributed by atoms with Crippen LogP contribution in [0.5, 0.6) is 0 Å². The topological polar surface area (TPSA) is 46.2 Å². The van der Waals surface area contributed by atoms with Crippen LogP contribution in [0.25, 0.3) is 0 Å². The van der Waals surface area contributed by atoms with Crippen LogP contribution in [0.15, 0.2) is 0 Å². The Labute approximate surface area is 79.9 Å². The van der Waals surface area contributed by atoms with Crippen LogP contribution in [0.4, 0.5) is 0 Å². The maximum absolute atomic E-state index is 11.2. The fourth-order valence-electron chi connectivity index (χ4n) is 1.16. The maximum atomic E-state index is 11.2. The van der Waals surface area contributed by atoms with Gasteiger partial charge in [0, 0.05) is 6.42 Å². The average Bonchev–Trinajstić information content (AvgIpc) is 2.11. The van der Waals surface area contributed by atoms with Crippen LogP contribution in [0, 0.1) is 5.92 Å². The molecule has 0 aromatic heterocycles. The van der Waals surface area contributed by atoms with Crippen LogP contribution in [-0.2, 0) is 9.59 Å². The van der Waals surface area contributed by atoms with Crippen molar-refractivity contribution in [3.63, 3.8) is 0 Å². The summed E-state index contributed by atoms with van der Waals surface area (Å²) in [5.74, 6) is 0.199. The Morgan fingerprint density at radius 2 is 1.85 bits per heavy atom. The minimum atomic E-state index is -0.308. The summed E-state index contributed by atoms with van der Waals surface area (Å²) in [6.45, 7) is 7.29. The van der Waals surface area contributed by atoms with E-state index in [1.54, 1.807) is 6.92 Å². The minimum Gasteiger partial charge on any atom is -0.346 e. The molecule has 13 heavy (non-hydrogen) atoms. The smallest absolute Gasteiger partial charge is 0.220 e. The second-order valence-electron chi connectivity index (χ2n) is 3.39. The zero-order valence-electron chi connectivity index (χ0n) is 8.89. The van der Waals surface area contributed by atoms with Gasteiger partial charge in [-0.2, -0.15) is 0 Å². The lowest BCUT2D eigenvalue weighted by Gasteiger charge is -2.21. The Balaban J connectivity index is 4.26. The second kappa shape index (κ2) is 5.73. The monoisotopic (exact) mass is 185 g/mol. The standard InChI is InChI=1S/C10H19NO2/c1-5-7(3)10(8(4)12)11-9(13)6-2/h7,10H,5-6H2,1-4H3,(H,11,13)/t7?,10-/m0/s1. The zero-order valence-corrected chi connectivity index (χ0v) is 8.89. The largest absolute Gasteiger partial charge is 0.346 e. The quantitative estimate of drug-likeness (QED) is 0.705. The first-order valence-corrected chi connectivity index (χ1v) is 4.82. The summed E-state index contributed by atoms with van der Waals surface area (Å²) in [6.07, 6.45) is 1.33. The number of hydrogen-bond acceptors (Lipinski definition) is 2. The lowest BCUT2D eigenvalue weighted by atomic mass is 9.96. The van der Waals surface area contributed by atoms with Gasteiger partial charge in [-0.25, -0.2) is 0 Å². The molecular weight excluding hydrogens is 166 g/mol. The van der Waals surface area contributed by atoms with Crippen LogP contribution < -0.4 is 5.32 Å². The molecule has 0 saturated heterocycles. The molecule has 1 N–H and O–H groups in total. The molecule has 1 amide bonds. The van der Waals surface area contributed by atoms with Gasteiger partial charge >= 0.3 is 0 Å². The van der Waals surface area contributed by atoms with E-state index in [-0.39, 0.29) is 23.7 Å². The van der Waals surface area contributed by atoms with E-state index >= 15 is 0 Å². The number of carbonyl (C=O) groups excluding carboxylic acids is 2. The first-order valence-electron chi connectivity index (χ1n) is 4.82. The molecule has 0 aromatic rings. The van der Waals surface area contributed by atoms with E-state index in [4.69, 9.17) is 0 Å². The van der Waals surface area contributed by atoms with Crippen molar-refractivity contribution < 1.29 is 9.59 Å². The summed E-state index contributed by atoms with van der Waals surface area (Å²) in [5.41, 5.74) is 0. The first kappa shape index (κ1) is 12.1. The van der Waals surface area contributed by atoms with E-state index < -0.39 is 0 Å². The Kier molecular flexibility index (Phi) is 5.35. The molecule has 3 heteroatoms. The molecule has 3 nitrogen and oxygen atoms in total. The van der Waals surface area contributed by atoms with E-state index in [1.807, 2.05) is 13.8 Å². The third-order valence-electron chi connectivity index (χ3n) is 2.29. The minimum absolute atomic E-state index is 0.0381. The zero-order chi connectivity index (χ0) is 10.4. The summed E-state index contributed by atoms with van der Waals surface area (Å²) in [7, 11) is 0. The summed E-state index contributed by atoms with van der Waals surface area (Å²) in [4.78, 5) is 22.3. The van der Waals surface area contributed by atoms with Crippen molar-refractivity contribution >= 4 is 11.7 Å². The number of rotatable bonds is 5. The lowest BCUT2D eigenvalue weighted by molar-refractivity contribution is -0.127. The third-order valence-corrected chi connectivity index (χ3v) is 2.29. The maximum Gasteiger partial charge on any atom is 0.220 e. The van der Waals surface area contributed by atoms with Crippen LogP contribution in [-0.4, -0.2) is 17.7 Å². The van der Waals surface area contributed by atoms with Crippen molar-refractivity contribution in [3.8, 4) is 0 Å². The van der Waals surface area contributed by atoms with Gasteiger partial charge in [0.1, 0.15) is 0 Å². The number of carbonyl (C=O) groups is 2. The molecule has 0 aromatic carbocycles. The fourth-order valence-corrected chi connectivity index (χ4v) is 1.16. The molecule has 0 aliphatic carbocycles. The SMILES string of the molecule is CCC(=O)N[C@H](C(C)=O)C(C)CC. The van der Waals surface area contributed by atoms with Crippen molar-refractivity contribution in [2.45, 2.75) is 46.6 Å². The van der Waals surface area contributed by atoms with E-state index in [9.17, 15) is 9.59 Å². The molecular formula is C10H19NO2. The van der Waals surface area contributed by atoms with Gasteiger partial charge in [-0.05, 0) is 12.8 Å². The number of ketones is 1. The Bertz CT molecular complexity index is 189. The van der Waals surface area contributed by atoms with Gasteiger partial charge in [-0.3, -0.25) is 9.59 Å². The molecule has 0 aliphatic heterocycles. The number of nitrogens with one attached hydrogen (secondary N) is 1. The van der Waals surface area contributed by atoms with E-state index in [2.05, 4.69) is 5.32 Å². The molecule has 1 unspecified atom stereocenters. The molecule has 0 spiro atoms. The Morgan fingerprint density at radius 3 is 2.15 bits per heavy atom. The summed E-state index contributed by atoms with van der Waals surface area (Å²) < 4.78 is 0. The van der Waals surface area contributed by atoms with Crippen LogP contribution in [0.1, 0.15) is 40.5 Å². The van der Waals surface area contributed by atoms with Crippen molar-refractivity contribution in [1.29, 1.82) is 0 Å². The highest BCUT2D eigenvalue weighted by Gasteiger charge is 2.21. The molecule has 0 fully saturated rings. The van der Waals surface area contributed by atoms with Gasteiger partial charge in [0.05, 0.1) is 6.04 Å². The van der Waals surface area contributed by atoms with Gasteiger partial charge in [-0.15, -0.1) is 0 Å². The summed E-state index contributed by atoms with van der Waals surface area (Å²) >= 11 is 0. The predicted octanol–water partition coefficient (Wildman–Crippen LogP) is 1.52. The van der Waals surface area contributed by atoms with Crippen molar-refractivity contribution in [2.24, 2.45) is 5.92 Å². The summed E-state index contributed by atoms with van der Waals surface area (Å²) in [6, 6.07) is -0.308. The number of amides is 1. The second-order valence-corrected chi connectivity index (χ2v) is 3.39. The Hall–Kier alpha value is -0.860. The summed E-state index contributed by atoms with van der Waals surface area (Å²) in [5, 5.41) is 2.73. The van der Waals surface area contributed by atoms with Crippen LogP contribution in [0.3, 0.4) is 0 Å². The predicted molar refractivity (Wildman–Crippen MR) is 52.4 cm³/mol. The average molecular weight is 185 g/mol. The highest BCUT2D eigenvalue weighted by molar-refractivity contribution is 5.87. The highest BCUT2D eigenvalue weighted by atomic mass is 16.2. The van der Waals surface area contributed by atoms with Crippen molar-refractivity contribution in [3.05, 3.63) is 0 Å². The van der Waals surface area contributed by atoms with Gasteiger partial charge < -0.3 is 5.32 Å². The number of hydrogen-bond donors (Lipinski definition) is 1. The van der Waals surface area contributed by atoms with E-state index in [0.29, 0.717) is 6.42 Å². The Morgan fingerprint density at radius 1 is 1.31 bits per heavy atom. The molecule has 2 atom stereocenters. The van der Waals surface area contributed by atoms with Gasteiger partial charge in [0.25, 0.3) is 0 Å². The normalized spacial score (nSPS) is 14.8. The third kappa shape index (κ3) is 4.06. The molecule has 76 valence electrons. The highest BCUT2D eigenvalue weighted by Crippen LogP contribution is 2.08. The molecule has 0 saturated carbocycles. The molecule has 0 radical (unpaired) electrons. The fraction of sp³-hybridized carbons (Fsp3) is 0.800. The molecule has 0 bridgehead atoms. The van der Waals surface area contributed by atoms with Crippen molar-refractivity contribution in [2.75, 3.05) is 0 Å².